The Kier molecular flexibility index (Phi) is 16.2. The molecule has 0 aliphatic carbocycles. The number of amides is 1. The predicted octanol–water partition coefficient (Wildman–Crippen LogP) is 4.85. The maximum absolute atomic E-state index is 11.2. The minimum Gasteiger partial charge on any atom is -0.369 e. The first kappa shape index (κ1) is 22.6. The molecule has 0 spiro atoms. The zero-order valence-corrected chi connectivity index (χ0v) is 14.9. The molecule has 126 valence electrons. The van der Waals surface area contributed by atoms with Gasteiger partial charge < -0.3 is 10.5 Å². The molecule has 0 bridgehead atoms. The number of hydrogen-bond donors (Lipinski definition) is 1. The first-order valence-corrected chi connectivity index (χ1v) is 8.36. The fraction of sp³-hybridized carbons (Fsp3) is 0.579. The quantitative estimate of drug-likeness (QED) is 0.783. The van der Waals surface area contributed by atoms with Gasteiger partial charge in [0.15, 0.2) is 0 Å². The highest BCUT2D eigenvalue weighted by Crippen LogP contribution is 2.21. The van der Waals surface area contributed by atoms with E-state index in [0.29, 0.717) is 0 Å². The van der Waals surface area contributed by atoms with Gasteiger partial charge in [0.1, 0.15) is 5.78 Å². The van der Waals surface area contributed by atoms with E-state index in [0.717, 1.165) is 37.7 Å². The molecule has 0 heterocycles. The predicted molar refractivity (Wildman–Crippen MR) is 94.8 cm³/mol. The van der Waals surface area contributed by atoms with Crippen molar-refractivity contribution in [2.45, 2.75) is 72.6 Å². The first-order valence-electron chi connectivity index (χ1n) is 8.36. The van der Waals surface area contributed by atoms with Crippen LogP contribution >= 0.6 is 0 Å². The Hall–Kier alpha value is -1.64. The molecule has 1 aromatic carbocycles. The van der Waals surface area contributed by atoms with E-state index >= 15 is 0 Å². The summed E-state index contributed by atoms with van der Waals surface area (Å²) >= 11 is 0. The second kappa shape index (κ2) is 15.7. The molecule has 2 N–H and O–H groups in total. The van der Waals surface area contributed by atoms with E-state index < -0.39 is 0 Å². The number of carbonyl (C=O) groups is 2. The average Bonchev–Trinajstić information content (AvgIpc) is 2.51. The second-order valence-corrected chi connectivity index (χ2v) is 4.96. The van der Waals surface area contributed by atoms with Crippen molar-refractivity contribution in [2.24, 2.45) is 5.73 Å². The lowest BCUT2D eigenvalue weighted by Crippen LogP contribution is -2.21. The summed E-state index contributed by atoms with van der Waals surface area (Å²) in [6, 6.07) is 9.76. The highest BCUT2D eigenvalue weighted by Gasteiger charge is 2.16. The largest absolute Gasteiger partial charge is 0.369 e. The second-order valence-electron chi connectivity index (χ2n) is 4.96. The number of benzene rings is 1. The molecule has 1 amide bonds. The van der Waals surface area contributed by atoms with E-state index in [-0.39, 0.29) is 17.6 Å². The number of rotatable bonds is 7. The summed E-state index contributed by atoms with van der Waals surface area (Å²) in [5, 5.41) is 0. The summed E-state index contributed by atoms with van der Waals surface area (Å²) < 4.78 is 0. The summed E-state index contributed by atoms with van der Waals surface area (Å²) in [6.45, 7) is 9.73. The van der Waals surface area contributed by atoms with Crippen LogP contribution in [0.15, 0.2) is 30.3 Å². The van der Waals surface area contributed by atoms with Crippen molar-refractivity contribution in [3.05, 3.63) is 35.9 Å². The lowest BCUT2D eigenvalue weighted by Gasteiger charge is -2.12. The Morgan fingerprint density at radius 3 is 1.91 bits per heavy atom. The third-order valence-corrected chi connectivity index (χ3v) is 2.99. The third kappa shape index (κ3) is 12.1. The van der Waals surface area contributed by atoms with E-state index in [1.54, 1.807) is 6.92 Å². The lowest BCUT2D eigenvalue weighted by molar-refractivity contribution is -0.119. The molecule has 0 saturated carbocycles. The van der Waals surface area contributed by atoms with Crippen LogP contribution in [0.2, 0.25) is 0 Å². The molecule has 1 aromatic rings. The van der Waals surface area contributed by atoms with Crippen molar-refractivity contribution < 1.29 is 9.59 Å². The monoisotopic (exact) mass is 307 g/mol. The van der Waals surface area contributed by atoms with Gasteiger partial charge in [-0.3, -0.25) is 4.79 Å². The molecular weight excluding hydrogens is 274 g/mol. The van der Waals surface area contributed by atoms with Gasteiger partial charge in [-0.05, 0) is 25.3 Å². The van der Waals surface area contributed by atoms with Crippen molar-refractivity contribution in [2.75, 3.05) is 0 Å². The fourth-order valence-electron chi connectivity index (χ4n) is 1.92. The Balaban J connectivity index is 0. The van der Waals surface area contributed by atoms with Crippen molar-refractivity contribution in [1.29, 1.82) is 0 Å². The molecular formula is C19H33NO2. The van der Waals surface area contributed by atoms with Gasteiger partial charge in [0.05, 0.1) is 5.92 Å². The highest BCUT2D eigenvalue weighted by molar-refractivity contribution is 5.81. The lowest BCUT2D eigenvalue weighted by atomic mass is 9.93. The number of primary amides is 1. The third-order valence-electron chi connectivity index (χ3n) is 2.99. The van der Waals surface area contributed by atoms with Crippen LogP contribution < -0.4 is 5.73 Å². The van der Waals surface area contributed by atoms with E-state index in [1.807, 2.05) is 51.1 Å². The minimum absolute atomic E-state index is 0.115. The van der Waals surface area contributed by atoms with Crippen molar-refractivity contribution in [3.63, 3.8) is 0 Å². The Bertz CT molecular complexity index is 388. The molecule has 0 radical (unpaired) electrons. The molecule has 1 unspecified atom stereocenters. The number of hydrogen-bond acceptors (Lipinski definition) is 2. The van der Waals surface area contributed by atoms with Gasteiger partial charge in [0, 0.05) is 6.42 Å². The van der Waals surface area contributed by atoms with Crippen LogP contribution in [0.1, 0.15) is 78.2 Å². The Labute approximate surface area is 136 Å². The molecule has 0 aliphatic heterocycles. The number of unbranched alkanes of at least 4 members (excludes halogenated alkanes) is 1. The first-order chi connectivity index (χ1) is 10.5. The van der Waals surface area contributed by atoms with E-state index in [4.69, 9.17) is 5.73 Å². The summed E-state index contributed by atoms with van der Waals surface area (Å²) in [4.78, 5) is 21.3. The van der Waals surface area contributed by atoms with Gasteiger partial charge in [0.25, 0.3) is 0 Å². The van der Waals surface area contributed by atoms with Gasteiger partial charge in [-0.25, -0.2) is 0 Å². The smallest absolute Gasteiger partial charge is 0.224 e. The standard InChI is InChI=1S/C12H17NO.C5H10O.C2H6/c1-2-3-9-11(12(13)14)10-7-5-4-6-8-10;1-3-4-5(2)6;1-2/h4-8,11H,2-3,9H2,1H3,(H2,13,14);3-4H2,1-2H3;1-2H3. The summed E-state index contributed by atoms with van der Waals surface area (Å²) in [5.74, 6) is -0.0432. The van der Waals surface area contributed by atoms with Crippen LogP contribution in [-0.2, 0) is 9.59 Å². The van der Waals surface area contributed by atoms with Crippen LogP contribution in [0.25, 0.3) is 0 Å². The molecule has 1 rings (SSSR count). The van der Waals surface area contributed by atoms with Crippen molar-refractivity contribution in [1.82, 2.24) is 0 Å². The number of carbonyl (C=O) groups excluding carboxylic acids is 2. The van der Waals surface area contributed by atoms with Crippen molar-refractivity contribution >= 4 is 11.7 Å². The van der Waals surface area contributed by atoms with Crippen LogP contribution in [0.5, 0.6) is 0 Å². The molecule has 0 saturated heterocycles. The Morgan fingerprint density at radius 1 is 1.05 bits per heavy atom. The average molecular weight is 307 g/mol. The molecule has 22 heavy (non-hydrogen) atoms. The molecule has 0 aliphatic rings. The Morgan fingerprint density at radius 2 is 1.59 bits per heavy atom. The normalized spacial score (nSPS) is 10.4. The number of ketones is 1. The van der Waals surface area contributed by atoms with Crippen LogP contribution in [-0.4, -0.2) is 11.7 Å². The number of nitrogens with two attached hydrogens (primary N) is 1. The molecule has 3 heteroatoms. The zero-order chi connectivity index (χ0) is 17.4. The van der Waals surface area contributed by atoms with Gasteiger partial charge >= 0.3 is 0 Å². The minimum atomic E-state index is -0.218. The van der Waals surface area contributed by atoms with Crippen LogP contribution in [0.3, 0.4) is 0 Å². The molecule has 1 atom stereocenters. The van der Waals surface area contributed by atoms with Gasteiger partial charge in [-0.1, -0.05) is 70.9 Å². The number of Topliss-reactive ketones (excluding diaryl/α,β-unsaturated/α-hetero) is 1. The summed E-state index contributed by atoms with van der Waals surface area (Å²) in [6.07, 6.45) is 4.71. The van der Waals surface area contributed by atoms with E-state index in [1.165, 1.54) is 0 Å². The maximum Gasteiger partial charge on any atom is 0.224 e. The summed E-state index contributed by atoms with van der Waals surface area (Å²) in [7, 11) is 0. The molecule has 0 fully saturated rings. The fourth-order valence-corrected chi connectivity index (χ4v) is 1.92. The zero-order valence-electron chi connectivity index (χ0n) is 14.9. The van der Waals surface area contributed by atoms with Gasteiger partial charge in [-0.15, -0.1) is 0 Å². The van der Waals surface area contributed by atoms with Gasteiger partial charge in [-0.2, -0.15) is 0 Å². The summed E-state index contributed by atoms with van der Waals surface area (Å²) in [5.41, 5.74) is 6.41. The van der Waals surface area contributed by atoms with Crippen LogP contribution in [0.4, 0.5) is 0 Å². The van der Waals surface area contributed by atoms with Gasteiger partial charge in [0.2, 0.25) is 5.91 Å². The maximum atomic E-state index is 11.2. The van der Waals surface area contributed by atoms with E-state index in [9.17, 15) is 9.59 Å². The molecule has 3 nitrogen and oxygen atoms in total. The van der Waals surface area contributed by atoms with E-state index in [2.05, 4.69) is 6.92 Å². The van der Waals surface area contributed by atoms with Crippen LogP contribution in [0, 0.1) is 0 Å². The molecule has 0 aromatic heterocycles. The topological polar surface area (TPSA) is 60.2 Å². The highest BCUT2D eigenvalue weighted by atomic mass is 16.1. The van der Waals surface area contributed by atoms with Crippen molar-refractivity contribution in [3.8, 4) is 0 Å². The SMILES string of the molecule is CC.CCCC(C)=O.CCCCC(C(N)=O)c1ccccc1.